The van der Waals surface area contributed by atoms with Crippen molar-refractivity contribution in [3.8, 4) is 0 Å². The second-order valence-corrected chi connectivity index (χ2v) is 13.8. The van der Waals surface area contributed by atoms with Crippen LogP contribution in [0.3, 0.4) is 0 Å². The highest BCUT2D eigenvalue weighted by atomic mass is 35.5. The van der Waals surface area contributed by atoms with E-state index < -0.39 is 40.0 Å². The lowest BCUT2D eigenvalue weighted by molar-refractivity contribution is -0.140. The van der Waals surface area contributed by atoms with Gasteiger partial charge in [-0.25, -0.2) is 8.42 Å². The van der Waals surface area contributed by atoms with Crippen LogP contribution in [0.5, 0.6) is 0 Å². The summed E-state index contributed by atoms with van der Waals surface area (Å²) in [5, 5.41) is 3.55. The second kappa shape index (κ2) is 13.7. The van der Waals surface area contributed by atoms with E-state index in [1.54, 1.807) is 30.3 Å². The number of benzene rings is 3. The van der Waals surface area contributed by atoms with Crippen LogP contribution in [0.4, 0.5) is 5.69 Å². The maximum Gasteiger partial charge on any atom is 0.244 e. The molecule has 0 aliphatic rings. The summed E-state index contributed by atoms with van der Waals surface area (Å²) < 4.78 is 26.9. The smallest absolute Gasteiger partial charge is 0.244 e. The van der Waals surface area contributed by atoms with Gasteiger partial charge in [0.2, 0.25) is 21.8 Å². The third-order valence-corrected chi connectivity index (χ3v) is 8.23. The molecule has 0 aromatic heterocycles. The summed E-state index contributed by atoms with van der Waals surface area (Å²) >= 11 is 13.0. The average molecular weight is 633 g/mol. The molecule has 2 amide bonds. The van der Waals surface area contributed by atoms with Gasteiger partial charge in [0.15, 0.2) is 5.78 Å². The SMILES string of the molecule is CC(=O)c1cccc(N(CC(=O)N(Cc2c(Cl)cccc2Cl)[C@@H](Cc2ccccc2)C(=O)NC(C)(C)C)S(C)(=O)=O)c1. The quantitative estimate of drug-likeness (QED) is 0.281. The fourth-order valence-electron chi connectivity index (χ4n) is 4.35. The number of sulfonamides is 1. The Labute approximate surface area is 257 Å². The van der Waals surface area contributed by atoms with Crippen LogP contribution in [0.2, 0.25) is 10.0 Å². The molecule has 42 heavy (non-hydrogen) atoms. The number of rotatable bonds is 11. The maximum atomic E-state index is 14.2. The van der Waals surface area contributed by atoms with Gasteiger partial charge in [-0.2, -0.15) is 0 Å². The van der Waals surface area contributed by atoms with E-state index in [0.717, 1.165) is 16.1 Å². The van der Waals surface area contributed by atoms with E-state index in [-0.39, 0.29) is 24.4 Å². The number of hydrogen-bond acceptors (Lipinski definition) is 5. The second-order valence-electron chi connectivity index (χ2n) is 11.0. The van der Waals surface area contributed by atoms with E-state index in [2.05, 4.69) is 5.32 Å². The van der Waals surface area contributed by atoms with Crippen molar-refractivity contribution in [1.82, 2.24) is 10.2 Å². The Morgan fingerprint density at radius 1 is 0.905 bits per heavy atom. The molecule has 0 bridgehead atoms. The van der Waals surface area contributed by atoms with Gasteiger partial charge in [0, 0.05) is 39.7 Å². The van der Waals surface area contributed by atoms with Gasteiger partial charge in [0.1, 0.15) is 12.6 Å². The molecule has 3 aromatic rings. The lowest BCUT2D eigenvalue weighted by Crippen LogP contribution is -2.56. The van der Waals surface area contributed by atoms with E-state index in [0.29, 0.717) is 21.2 Å². The number of amides is 2. The number of anilines is 1. The van der Waals surface area contributed by atoms with Gasteiger partial charge in [-0.1, -0.05) is 71.7 Å². The zero-order valence-corrected chi connectivity index (χ0v) is 26.6. The third-order valence-electron chi connectivity index (χ3n) is 6.38. The lowest BCUT2D eigenvalue weighted by atomic mass is 10.0. The van der Waals surface area contributed by atoms with Crippen molar-refractivity contribution in [1.29, 1.82) is 0 Å². The van der Waals surface area contributed by atoms with Crippen LogP contribution in [0.15, 0.2) is 72.8 Å². The lowest BCUT2D eigenvalue weighted by Gasteiger charge is -2.35. The Morgan fingerprint density at radius 2 is 1.50 bits per heavy atom. The van der Waals surface area contributed by atoms with Crippen molar-refractivity contribution in [3.05, 3.63) is 99.5 Å². The molecule has 0 aliphatic heterocycles. The summed E-state index contributed by atoms with van der Waals surface area (Å²) in [6.45, 7) is 6.07. The molecule has 0 fully saturated rings. The van der Waals surface area contributed by atoms with Gasteiger partial charge in [-0.15, -0.1) is 0 Å². The first-order chi connectivity index (χ1) is 19.6. The van der Waals surface area contributed by atoms with Crippen LogP contribution in [0, 0.1) is 0 Å². The van der Waals surface area contributed by atoms with Crippen molar-refractivity contribution in [2.45, 2.75) is 52.2 Å². The molecule has 3 rings (SSSR count). The Balaban J connectivity index is 2.14. The molecule has 8 nitrogen and oxygen atoms in total. The van der Waals surface area contributed by atoms with E-state index >= 15 is 0 Å². The fourth-order valence-corrected chi connectivity index (χ4v) is 5.71. The zero-order valence-electron chi connectivity index (χ0n) is 24.2. The molecule has 1 atom stereocenters. The molecular formula is C31H35Cl2N3O5S. The summed E-state index contributed by atoms with van der Waals surface area (Å²) in [6, 6.07) is 19.1. The minimum atomic E-state index is -3.99. The number of nitrogens with one attached hydrogen (secondary N) is 1. The first-order valence-electron chi connectivity index (χ1n) is 13.2. The van der Waals surface area contributed by atoms with Crippen molar-refractivity contribution < 1.29 is 22.8 Å². The summed E-state index contributed by atoms with van der Waals surface area (Å²) in [6.07, 6.45) is 1.12. The predicted octanol–water partition coefficient (Wildman–Crippen LogP) is 5.52. The summed E-state index contributed by atoms with van der Waals surface area (Å²) in [7, 11) is -3.99. The highest BCUT2D eigenvalue weighted by Gasteiger charge is 2.35. The minimum Gasteiger partial charge on any atom is -0.350 e. The van der Waals surface area contributed by atoms with Gasteiger partial charge >= 0.3 is 0 Å². The third kappa shape index (κ3) is 9.05. The van der Waals surface area contributed by atoms with Crippen molar-refractivity contribution in [2.75, 3.05) is 17.1 Å². The molecule has 0 saturated carbocycles. The number of ketones is 1. The van der Waals surface area contributed by atoms with Crippen LogP contribution < -0.4 is 9.62 Å². The molecule has 224 valence electrons. The molecule has 0 radical (unpaired) electrons. The molecule has 0 heterocycles. The normalized spacial score (nSPS) is 12.4. The molecular weight excluding hydrogens is 597 g/mol. The van der Waals surface area contributed by atoms with E-state index in [1.165, 1.54) is 24.0 Å². The van der Waals surface area contributed by atoms with Crippen molar-refractivity contribution >= 4 is 56.5 Å². The zero-order chi connectivity index (χ0) is 31.2. The Bertz CT molecular complexity index is 1540. The molecule has 11 heteroatoms. The number of Topliss-reactive ketones (excluding diaryl/α,β-unsaturated/α-hetero) is 1. The molecule has 0 saturated heterocycles. The van der Waals surface area contributed by atoms with Crippen molar-refractivity contribution in [3.63, 3.8) is 0 Å². The first kappa shape index (κ1) is 33.1. The van der Waals surface area contributed by atoms with Gasteiger partial charge in [0.05, 0.1) is 11.9 Å². The highest BCUT2D eigenvalue weighted by Crippen LogP contribution is 2.28. The van der Waals surface area contributed by atoms with Crippen LogP contribution >= 0.6 is 23.2 Å². The first-order valence-corrected chi connectivity index (χ1v) is 15.8. The van der Waals surface area contributed by atoms with Crippen LogP contribution in [-0.4, -0.2) is 55.3 Å². The summed E-state index contributed by atoms with van der Waals surface area (Å²) in [5.41, 5.74) is 1.03. The largest absolute Gasteiger partial charge is 0.350 e. The fraction of sp³-hybridized carbons (Fsp3) is 0.323. The highest BCUT2D eigenvalue weighted by molar-refractivity contribution is 7.92. The molecule has 0 aliphatic carbocycles. The summed E-state index contributed by atoms with van der Waals surface area (Å²) in [4.78, 5) is 41.3. The standard InChI is InChI=1S/C31H35Cl2N3O5S/c1-21(37)23-13-9-14-24(18-23)36(42(5,40)41)20-29(38)35(19-25-26(32)15-10-16-27(25)33)28(30(39)34-31(2,3)4)17-22-11-7-6-8-12-22/h6-16,18,28H,17,19-20H2,1-5H3,(H,34,39)/t28-/m0/s1. The monoisotopic (exact) mass is 631 g/mol. The Kier molecular flexibility index (Phi) is 10.8. The number of nitrogens with zero attached hydrogens (tertiary/aromatic N) is 2. The maximum absolute atomic E-state index is 14.2. The van der Waals surface area contributed by atoms with Crippen LogP contribution in [0.1, 0.15) is 49.2 Å². The van der Waals surface area contributed by atoms with Gasteiger partial charge in [0.25, 0.3) is 0 Å². The summed E-state index contributed by atoms with van der Waals surface area (Å²) in [5.74, 6) is -1.34. The average Bonchev–Trinajstić information content (AvgIpc) is 2.89. The van der Waals surface area contributed by atoms with Gasteiger partial charge in [-0.05, 0) is 57.5 Å². The Hall–Kier alpha value is -3.40. The number of carbonyl (C=O) groups is 3. The predicted molar refractivity (Wildman–Crippen MR) is 167 cm³/mol. The van der Waals surface area contributed by atoms with E-state index in [1.807, 2.05) is 51.1 Å². The Morgan fingerprint density at radius 3 is 2.05 bits per heavy atom. The topological polar surface area (TPSA) is 104 Å². The van der Waals surface area contributed by atoms with Gasteiger partial charge < -0.3 is 10.2 Å². The van der Waals surface area contributed by atoms with Crippen LogP contribution in [0.25, 0.3) is 0 Å². The van der Waals surface area contributed by atoms with Gasteiger partial charge in [-0.3, -0.25) is 18.7 Å². The molecule has 1 N–H and O–H groups in total. The minimum absolute atomic E-state index is 0.146. The van der Waals surface area contributed by atoms with Crippen LogP contribution in [-0.2, 0) is 32.6 Å². The van der Waals surface area contributed by atoms with E-state index in [4.69, 9.17) is 23.2 Å². The van der Waals surface area contributed by atoms with Crippen molar-refractivity contribution in [2.24, 2.45) is 0 Å². The number of carbonyl (C=O) groups excluding carboxylic acids is 3. The molecule has 3 aromatic carbocycles. The molecule has 0 spiro atoms. The number of hydrogen-bond donors (Lipinski definition) is 1. The molecule has 0 unspecified atom stereocenters. The van der Waals surface area contributed by atoms with E-state index in [9.17, 15) is 22.8 Å². The number of halogens is 2.